The van der Waals surface area contributed by atoms with Gasteiger partial charge in [0.2, 0.25) is 5.91 Å². The predicted molar refractivity (Wildman–Crippen MR) is 103 cm³/mol. The van der Waals surface area contributed by atoms with Gasteiger partial charge in [0.05, 0.1) is 6.54 Å². The molecule has 5 nitrogen and oxygen atoms in total. The molecule has 0 radical (unpaired) electrons. The molecule has 1 N–H and O–H groups in total. The first-order chi connectivity index (χ1) is 12.3. The van der Waals surface area contributed by atoms with E-state index in [1.54, 1.807) is 14.0 Å². The standard InChI is InChI=1S/C21H26N2O3/c1-14-8-6-10-18(12-14)26-17(4)21(25)23(5)13-20(24)22-19-11-7-9-15(2)16(19)3/h6-12,17H,13H2,1-5H3,(H,22,24)/t17-/m1/s1. The summed E-state index contributed by atoms with van der Waals surface area (Å²) in [4.78, 5) is 26.1. The van der Waals surface area contributed by atoms with Crippen LogP contribution in [0.25, 0.3) is 0 Å². The van der Waals surface area contributed by atoms with Crippen LogP contribution in [0.15, 0.2) is 42.5 Å². The second kappa shape index (κ2) is 8.52. The highest BCUT2D eigenvalue weighted by molar-refractivity contribution is 5.95. The van der Waals surface area contributed by atoms with Gasteiger partial charge in [-0.05, 0) is 62.6 Å². The van der Waals surface area contributed by atoms with E-state index in [-0.39, 0.29) is 18.4 Å². The number of carbonyl (C=O) groups excluding carboxylic acids is 2. The number of ether oxygens (including phenoxy) is 1. The molecule has 0 spiro atoms. The molecule has 0 saturated heterocycles. The fourth-order valence-corrected chi connectivity index (χ4v) is 2.62. The van der Waals surface area contributed by atoms with Gasteiger partial charge in [-0.2, -0.15) is 0 Å². The fourth-order valence-electron chi connectivity index (χ4n) is 2.62. The van der Waals surface area contributed by atoms with Crippen molar-refractivity contribution < 1.29 is 14.3 Å². The minimum Gasteiger partial charge on any atom is -0.481 e. The maximum absolute atomic E-state index is 12.5. The Kier molecular flexibility index (Phi) is 6.39. The lowest BCUT2D eigenvalue weighted by atomic mass is 10.1. The van der Waals surface area contributed by atoms with Gasteiger partial charge >= 0.3 is 0 Å². The third-order valence-electron chi connectivity index (χ3n) is 4.29. The Morgan fingerprint density at radius 2 is 1.81 bits per heavy atom. The Balaban J connectivity index is 1.93. The Labute approximate surface area is 155 Å². The van der Waals surface area contributed by atoms with Crippen molar-refractivity contribution in [2.24, 2.45) is 0 Å². The summed E-state index contributed by atoms with van der Waals surface area (Å²) >= 11 is 0. The molecule has 0 fully saturated rings. The van der Waals surface area contributed by atoms with Crippen molar-refractivity contribution in [3.63, 3.8) is 0 Å². The summed E-state index contributed by atoms with van der Waals surface area (Å²) in [5.41, 5.74) is 3.95. The largest absolute Gasteiger partial charge is 0.481 e. The first-order valence-corrected chi connectivity index (χ1v) is 8.62. The molecule has 2 amide bonds. The van der Waals surface area contributed by atoms with Crippen LogP contribution in [-0.2, 0) is 9.59 Å². The molecule has 26 heavy (non-hydrogen) atoms. The van der Waals surface area contributed by atoms with E-state index in [1.165, 1.54) is 4.90 Å². The third-order valence-corrected chi connectivity index (χ3v) is 4.29. The van der Waals surface area contributed by atoms with Crippen LogP contribution in [0.5, 0.6) is 5.75 Å². The molecule has 0 heterocycles. The van der Waals surface area contributed by atoms with Crippen LogP contribution in [-0.4, -0.2) is 36.4 Å². The van der Waals surface area contributed by atoms with Crippen molar-refractivity contribution in [1.29, 1.82) is 0 Å². The number of nitrogens with zero attached hydrogens (tertiary/aromatic N) is 1. The second-order valence-electron chi connectivity index (χ2n) is 6.57. The van der Waals surface area contributed by atoms with E-state index in [4.69, 9.17) is 4.74 Å². The molecule has 1 atom stereocenters. The van der Waals surface area contributed by atoms with Crippen LogP contribution in [0.1, 0.15) is 23.6 Å². The number of benzene rings is 2. The van der Waals surface area contributed by atoms with Gasteiger partial charge in [0.1, 0.15) is 5.75 Å². The summed E-state index contributed by atoms with van der Waals surface area (Å²) < 4.78 is 5.69. The molecule has 0 aliphatic heterocycles. The van der Waals surface area contributed by atoms with Gasteiger partial charge in [0, 0.05) is 12.7 Å². The van der Waals surface area contributed by atoms with E-state index < -0.39 is 6.10 Å². The van der Waals surface area contributed by atoms with Gasteiger partial charge in [-0.15, -0.1) is 0 Å². The van der Waals surface area contributed by atoms with E-state index in [0.717, 1.165) is 22.4 Å². The summed E-state index contributed by atoms with van der Waals surface area (Å²) in [5, 5.41) is 2.86. The number of hydrogen-bond acceptors (Lipinski definition) is 3. The highest BCUT2D eigenvalue weighted by Crippen LogP contribution is 2.18. The number of nitrogens with one attached hydrogen (secondary N) is 1. The molecule has 0 aliphatic rings. The maximum atomic E-state index is 12.5. The van der Waals surface area contributed by atoms with E-state index in [2.05, 4.69) is 5.32 Å². The minimum atomic E-state index is -0.671. The Morgan fingerprint density at radius 3 is 2.50 bits per heavy atom. The van der Waals surface area contributed by atoms with E-state index in [0.29, 0.717) is 5.75 Å². The van der Waals surface area contributed by atoms with Crippen molar-refractivity contribution in [3.05, 3.63) is 59.2 Å². The fraction of sp³-hybridized carbons (Fsp3) is 0.333. The highest BCUT2D eigenvalue weighted by atomic mass is 16.5. The zero-order valence-electron chi connectivity index (χ0n) is 16.0. The topological polar surface area (TPSA) is 58.6 Å². The summed E-state index contributed by atoms with van der Waals surface area (Å²) in [7, 11) is 1.60. The van der Waals surface area contributed by atoms with E-state index in [9.17, 15) is 9.59 Å². The summed E-state index contributed by atoms with van der Waals surface area (Å²) in [5.74, 6) is 0.152. The van der Waals surface area contributed by atoms with E-state index in [1.807, 2.05) is 63.2 Å². The van der Waals surface area contributed by atoms with Gasteiger partial charge in [0.15, 0.2) is 6.10 Å². The van der Waals surface area contributed by atoms with E-state index >= 15 is 0 Å². The van der Waals surface area contributed by atoms with Crippen molar-refractivity contribution in [1.82, 2.24) is 4.90 Å². The van der Waals surface area contributed by atoms with Gasteiger partial charge in [-0.25, -0.2) is 0 Å². The molecule has 0 aromatic heterocycles. The number of rotatable bonds is 6. The molecule has 2 aromatic rings. The van der Waals surface area contributed by atoms with Crippen molar-refractivity contribution in [2.75, 3.05) is 18.9 Å². The SMILES string of the molecule is Cc1cccc(O[C@H](C)C(=O)N(C)CC(=O)Nc2cccc(C)c2C)c1. The molecule has 2 rings (SSSR count). The van der Waals surface area contributed by atoms with Crippen molar-refractivity contribution in [3.8, 4) is 5.75 Å². The van der Waals surface area contributed by atoms with Crippen LogP contribution >= 0.6 is 0 Å². The van der Waals surface area contributed by atoms with Crippen LogP contribution in [0, 0.1) is 20.8 Å². The van der Waals surface area contributed by atoms with Gasteiger partial charge < -0.3 is 15.0 Å². The molecule has 0 bridgehead atoms. The van der Waals surface area contributed by atoms with Crippen LogP contribution in [0.2, 0.25) is 0 Å². The first kappa shape index (κ1) is 19.5. The molecule has 5 heteroatoms. The molecule has 0 saturated carbocycles. The molecular formula is C21H26N2O3. The number of hydrogen-bond donors (Lipinski definition) is 1. The monoisotopic (exact) mass is 354 g/mol. The summed E-state index contributed by atoms with van der Waals surface area (Å²) in [6.07, 6.45) is -0.671. The molecule has 0 aliphatic carbocycles. The van der Waals surface area contributed by atoms with Crippen molar-refractivity contribution in [2.45, 2.75) is 33.8 Å². The number of likely N-dealkylation sites (N-methyl/N-ethyl adjacent to an activating group) is 1. The average molecular weight is 354 g/mol. The van der Waals surface area contributed by atoms with Gasteiger partial charge in [-0.3, -0.25) is 9.59 Å². The van der Waals surface area contributed by atoms with Gasteiger partial charge in [0.25, 0.3) is 5.91 Å². The zero-order valence-corrected chi connectivity index (χ0v) is 16.0. The lowest BCUT2D eigenvalue weighted by molar-refractivity contribution is -0.139. The van der Waals surface area contributed by atoms with Crippen molar-refractivity contribution >= 4 is 17.5 Å². The quantitative estimate of drug-likeness (QED) is 0.864. The maximum Gasteiger partial charge on any atom is 0.263 e. The summed E-state index contributed by atoms with van der Waals surface area (Å²) in [6.45, 7) is 7.56. The molecular weight excluding hydrogens is 328 g/mol. The van der Waals surface area contributed by atoms with Crippen LogP contribution in [0.3, 0.4) is 0 Å². The number of aryl methyl sites for hydroxylation is 2. The number of carbonyl (C=O) groups is 2. The molecule has 0 unspecified atom stereocenters. The Hall–Kier alpha value is -2.82. The number of amides is 2. The lowest BCUT2D eigenvalue weighted by Crippen LogP contribution is -2.42. The Morgan fingerprint density at radius 1 is 1.12 bits per heavy atom. The molecule has 2 aromatic carbocycles. The van der Waals surface area contributed by atoms with Gasteiger partial charge in [-0.1, -0.05) is 24.3 Å². The number of anilines is 1. The normalized spacial score (nSPS) is 11.6. The average Bonchev–Trinajstić information content (AvgIpc) is 2.58. The Bertz CT molecular complexity index is 802. The zero-order chi connectivity index (χ0) is 19.3. The van der Waals surface area contributed by atoms with Crippen LogP contribution in [0.4, 0.5) is 5.69 Å². The summed E-state index contributed by atoms with van der Waals surface area (Å²) in [6, 6.07) is 13.3. The smallest absolute Gasteiger partial charge is 0.263 e. The predicted octanol–water partition coefficient (Wildman–Crippen LogP) is 3.48. The highest BCUT2D eigenvalue weighted by Gasteiger charge is 2.21. The third kappa shape index (κ3) is 5.09. The minimum absolute atomic E-state index is 0.0340. The second-order valence-corrected chi connectivity index (χ2v) is 6.57. The van der Waals surface area contributed by atoms with Crippen LogP contribution < -0.4 is 10.1 Å². The molecule has 138 valence electrons. The lowest BCUT2D eigenvalue weighted by Gasteiger charge is -2.22. The first-order valence-electron chi connectivity index (χ1n) is 8.62.